The maximum atomic E-state index is 6.17. The van der Waals surface area contributed by atoms with Crippen molar-refractivity contribution in [1.29, 1.82) is 0 Å². The molecule has 4 nitrogen and oxygen atoms in total. The Bertz CT molecular complexity index is 328. The van der Waals surface area contributed by atoms with E-state index < -0.39 is 0 Å². The lowest BCUT2D eigenvalue weighted by atomic mass is 10.1. The van der Waals surface area contributed by atoms with Gasteiger partial charge < -0.3 is 10.6 Å². The normalized spacial score (nSPS) is 13.3. The van der Waals surface area contributed by atoms with Gasteiger partial charge in [0, 0.05) is 25.2 Å². The van der Waals surface area contributed by atoms with Gasteiger partial charge in [0.2, 0.25) is 0 Å². The first-order chi connectivity index (χ1) is 8.06. The summed E-state index contributed by atoms with van der Waals surface area (Å²) in [7, 11) is 1.99. The molecule has 0 radical (unpaired) electrons. The molecule has 1 atom stereocenters. The fraction of sp³-hybridized carbons (Fsp3) is 0.769. The second-order valence-corrected chi connectivity index (χ2v) is 4.68. The molecule has 98 valence electrons. The molecule has 4 heteroatoms. The Labute approximate surface area is 105 Å². The third-order valence-corrected chi connectivity index (χ3v) is 3.28. The van der Waals surface area contributed by atoms with Crippen molar-refractivity contribution in [3.8, 4) is 0 Å². The molecule has 17 heavy (non-hydrogen) atoms. The smallest absolute Gasteiger partial charge is 0.0596 e. The Balaban J connectivity index is 2.39. The number of nitrogens with two attached hydrogens (primary N) is 1. The molecular formula is C13H26N4. The van der Waals surface area contributed by atoms with Gasteiger partial charge in [-0.2, -0.15) is 5.10 Å². The fourth-order valence-corrected chi connectivity index (χ4v) is 2.11. The molecule has 0 saturated carbocycles. The van der Waals surface area contributed by atoms with Crippen molar-refractivity contribution in [2.24, 2.45) is 12.8 Å². The standard InChI is InChI=1S/C13H26N4/c1-5-17(6-2)8-7-12(14)10-13-9-11(3)15-16(13)4/h9,12H,5-8,10,14H2,1-4H3. The van der Waals surface area contributed by atoms with Gasteiger partial charge in [-0.05, 0) is 39.0 Å². The van der Waals surface area contributed by atoms with Crippen LogP contribution >= 0.6 is 0 Å². The largest absolute Gasteiger partial charge is 0.327 e. The van der Waals surface area contributed by atoms with Gasteiger partial charge in [0.15, 0.2) is 0 Å². The van der Waals surface area contributed by atoms with Crippen molar-refractivity contribution >= 4 is 0 Å². The van der Waals surface area contributed by atoms with E-state index in [-0.39, 0.29) is 6.04 Å². The van der Waals surface area contributed by atoms with Crippen LogP contribution in [0.25, 0.3) is 0 Å². The van der Waals surface area contributed by atoms with Gasteiger partial charge in [-0.25, -0.2) is 0 Å². The van der Waals surface area contributed by atoms with E-state index in [4.69, 9.17) is 5.73 Å². The molecule has 0 aromatic carbocycles. The number of aromatic nitrogens is 2. The van der Waals surface area contributed by atoms with Crippen molar-refractivity contribution in [3.05, 3.63) is 17.5 Å². The van der Waals surface area contributed by atoms with E-state index in [2.05, 4.69) is 29.9 Å². The summed E-state index contributed by atoms with van der Waals surface area (Å²) in [6, 6.07) is 2.35. The molecule has 0 aliphatic heterocycles. The highest BCUT2D eigenvalue weighted by molar-refractivity contribution is 5.09. The van der Waals surface area contributed by atoms with Crippen LogP contribution in [-0.4, -0.2) is 40.4 Å². The quantitative estimate of drug-likeness (QED) is 0.779. The maximum Gasteiger partial charge on any atom is 0.0596 e. The number of aryl methyl sites for hydroxylation is 2. The number of rotatable bonds is 7. The van der Waals surface area contributed by atoms with Crippen molar-refractivity contribution in [3.63, 3.8) is 0 Å². The van der Waals surface area contributed by atoms with Gasteiger partial charge in [-0.15, -0.1) is 0 Å². The second-order valence-electron chi connectivity index (χ2n) is 4.68. The molecule has 2 N–H and O–H groups in total. The summed E-state index contributed by atoms with van der Waals surface area (Å²) in [5, 5.41) is 4.34. The summed E-state index contributed by atoms with van der Waals surface area (Å²) in [5.41, 5.74) is 8.47. The Morgan fingerprint density at radius 1 is 1.41 bits per heavy atom. The summed E-state index contributed by atoms with van der Waals surface area (Å²) in [6.07, 6.45) is 1.96. The van der Waals surface area contributed by atoms with Crippen LogP contribution in [0.4, 0.5) is 0 Å². The molecule has 0 aliphatic carbocycles. The third kappa shape index (κ3) is 4.48. The summed E-state index contributed by atoms with van der Waals surface area (Å²) in [4.78, 5) is 2.41. The van der Waals surface area contributed by atoms with Crippen LogP contribution in [0.1, 0.15) is 31.7 Å². The van der Waals surface area contributed by atoms with E-state index in [1.807, 2.05) is 18.7 Å². The van der Waals surface area contributed by atoms with Crippen molar-refractivity contribution in [2.45, 2.75) is 39.7 Å². The average Bonchev–Trinajstić information content (AvgIpc) is 2.59. The Morgan fingerprint density at radius 2 is 2.06 bits per heavy atom. The molecule has 0 saturated heterocycles. The second kappa shape index (κ2) is 6.77. The van der Waals surface area contributed by atoms with Gasteiger partial charge in [0.1, 0.15) is 0 Å². The predicted molar refractivity (Wildman–Crippen MR) is 72.0 cm³/mol. The first-order valence-corrected chi connectivity index (χ1v) is 6.54. The van der Waals surface area contributed by atoms with Crippen LogP contribution in [0.5, 0.6) is 0 Å². The van der Waals surface area contributed by atoms with Crippen LogP contribution in [0.2, 0.25) is 0 Å². The summed E-state index contributed by atoms with van der Waals surface area (Å²) in [6.45, 7) is 9.71. The molecule has 0 aliphatic rings. The maximum absolute atomic E-state index is 6.17. The lowest BCUT2D eigenvalue weighted by Gasteiger charge is -2.20. The van der Waals surface area contributed by atoms with E-state index in [9.17, 15) is 0 Å². The fourth-order valence-electron chi connectivity index (χ4n) is 2.11. The molecule has 1 heterocycles. The molecule has 0 amide bonds. The minimum Gasteiger partial charge on any atom is -0.327 e. The molecule has 1 aromatic heterocycles. The molecular weight excluding hydrogens is 212 g/mol. The minimum atomic E-state index is 0.227. The third-order valence-electron chi connectivity index (χ3n) is 3.28. The van der Waals surface area contributed by atoms with Crippen LogP contribution in [0.15, 0.2) is 6.07 Å². The zero-order valence-corrected chi connectivity index (χ0v) is 11.6. The number of hydrogen-bond donors (Lipinski definition) is 1. The highest BCUT2D eigenvalue weighted by Gasteiger charge is 2.09. The molecule has 1 rings (SSSR count). The summed E-state index contributed by atoms with van der Waals surface area (Å²) >= 11 is 0. The van der Waals surface area contributed by atoms with E-state index in [1.54, 1.807) is 0 Å². The minimum absolute atomic E-state index is 0.227. The number of hydrogen-bond acceptors (Lipinski definition) is 3. The molecule has 0 bridgehead atoms. The Hall–Kier alpha value is -0.870. The highest BCUT2D eigenvalue weighted by atomic mass is 15.3. The molecule has 1 aromatic rings. The van der Waals surface area contributed by atoms with E-state index in [1.165, 1.54) is 5.69 Å². The van der Waals surface area contributed by atoms with E-state index in [0.717, 1.165) is 38.2 Å². The van der Waals surface area contributed by atoms with Crippen molar-refractivity contribution in [1.82, 2.24) is 14.7 Å². The van der Waals surface area contributed by atoms with E-state index >= 15 is 0 Å². The molecule has 0 fully saturated rings. The lowest BCUT2D eigenvalue weighted by Crippen LogP contribution is -2.32. The van der Waals surface area contributed by atoms with Gasteiger partial charge in [-0.1, -0.05) is 13.8 Å². The van der Waals surface area contributed by atoms with Crippen LogP contribution in [0, 0.1) is 6.92 Å². The van der Waals surface area contributed by atoms with Gasteiger partial charge >= 0.3 is 0 Å². The van der Waals surface area contributed by atoms with Crippen LogP contribution in [-0.2, 0) is 13.5 Å². The van der Waals surface area contributed by atoms with Crippen LogP contribution in [0.3, 0.4) is 0 Å². The lowest BCUT2D eigenvalue weighted by molar-refractivity contribution is 0.289. The average molecular weight is 238 g/mol. The predicted octanol–water partition coefficient (Wildman–Crippen LogP) is 1.33. The zero-order chi connectivity index (χ0) is 12.8. The molecule has 0 spiro atoms. The number of nitrogens with zero attached hydrogens (tertiary/aromatic N) is 3. The van der Waals surface area contributed by atoms with Gasteiger partial charge in [0.05, 0.1) is 5.69 Å². The Morgan fingerprint density at radius 3 is 2.53 bits per heavy atom. The zero-order valence-electron chi connectivity index (χ0n) is 11.6. The van der Waals surface area contributed by atoms with Gasteiger partial charge in [-0.3, -0.25) is 4.68 Å². The van der Waals surface area contributed by atoms with Crippen molar-refractivity contribution < 1.29 is 0 Å². The SMILES string of the molecule is CCN(CC)CCC(N)Cc1cc(C)nn1C. The van der Waals surface area contributed by atoms with Gasteiger partial charge in [0.25, 0.3) is 0 Å². The first-order valence-electron chi connectivity index (χ1n) is 6.54. The Kier molecular flexibility index (Phi) is 5.65. The molecule has 1 unspecified atom stereocenters. The monoisotopic (exact) mass is 238 g/mol. The summed E-state index contributed by atoms with van der Waals surface area (Å²) < 4.78 is 1.94. The van der Waals surface area contributed by atoms with Crippen molar-refractivity contribution in [2.75, 3.05) is 19.6 Å². The topological polar surface area (TPSA) is 47.1 Å². The van der Waals surface area contributed by atoms with Crippen LogP contribution < -0.4 is 5.73 Å². The summed E-state index contributed by atoms with van der Waals surface area (Å²) in [5.74, 6) is 0. The highest BCUT2D eigenvalue weighted by Crippen LogP contribution is 2.06. The van der Waals surface area contributed by atoms with E-state index in [0.29, 0.717) is 0 Å². The first kappa shape index (κ1) is 14.2.